The van der Waals surface area contributed by atoms with Gasteiger partial charge >= 0.3 is 0 Å². The molecule has 84 valence electrons. The molecule has 14 heavy (non-hydrogen) atoms. The summed E-state index contributed by atoms with van der Waals surface area (Å²) in [4.78, 5) is 0. The molecule has 1 saturated carbocycles. The lowest BCUT2D eigenvalue weighted by Crippen LogP contribution is -2.65. The molecular weight excluding hydrogens is 198 g/mol. The van der Waals surface area contributed by atoms with Crippen LogP contribution in [0.2, 0.25) is 0 Å². The Kier molecular flexibility index (Phi) is 3.84. The van der Waals surface area contributed by atoms with Crippen LogP contribution < -0.4 is 5.32 Å². The topological polar surface area (TPSA) is 21.3 Å². The van der Waals surface area contributed by atoms with E-state index in [9.17, 15) is 0 Å². The van der Waals surface area contributed by atoms with Crippen LogP contribution in [0, 0.1) is 11.3 Å². The molecule has 0 aromatic heterocycles. The zero-order chi connectivity index (χ0) is 9.47. The monoisotopic (exact) mass is 219 g/mol. The van der Waals surface area contributed by atoms with Gasteiger partial charge < -0.3 is 10.1 Å². The minimum absolute atomic E-state index is 0. The van der Waals surface area contributed by atoms with Crippen molar-refractivity contribution in [1.29, 1.82) is 0 Å². The summed E-state index contributed by atoms with van der Waals surface area (Å²) in [6.45, 7) is 9.00. The average Bonchev–Trinajstić information content (AvgIpc) is 2.51. The predicted octanol–water partition coefficient (Wildman–Crippen LogP) is 2.22. The summed E-state index contributed by atoms with van der Waals surface area (Å²) in [5, 5.41) is 3.65. The van der Waals surface area contributed by atoms with Crippen molar-refractivity contribution < 1.29 is 4.74 Å². The lowest BCUT2D eigenvalue weighted by atomic mass is 9.57. The van der Waals surface area contributed by atoms with Crippen LogP contribution in [-0.4, -0.2) is 25.3 Å². The summed E-state index contributed by atoms with van der Waals surface area (Å²) in [6.07, 6.45) is 3.02. The van der Waals surface area contributed by atoms with E-state index in [1.165, 1.54) is 12.8 Å². The Hall–Kier alpha value is 0.210. The molecule has 0 aromatic rings. The van der Waals surface area contributed by atoms with Crippen LogP contribution in [0.25, 0.3) is 0 Å². The Morgan fingerprint density at radius 1 is 1.43 bits per heavy atom. The average molecular weight is 220 g/mol. The zero-order valence-corrected chi connectivity index (χ0v) is 10.2. The number of hydrogen-bond donors (Lipinski definition) is 1. The van der Waals surface area contributed by atoms with Gasteiger partial charge in [0.05, 0.1) is 6.10 Å². The molecule has 1 heterocycles. The van der Waals surface area contributed by atoms with Gasteiger partial charge in [0.15, 0.2) is 0 Å². The summed E-state index contributed by atoms with van der Waals surface area (Å²) in [5.41, 5.74) is 0.357. The molecule has 1 N–H and O–H groups in total. The van der Waals surface area contributed by atoms with E-state index in [0.717, 1.165) is 19.1 Å². The Balaban J connectivity index is 0.000000980. The first kappa shape index (κ1) is 12.3. The van der Waals surface area contributed by atoms with Gasteiger partial charge in [0.2, 0.25) is 0 Å². The third kappa shape index (κ3) is 1.68. The van der Waals surface area contributed by atoms with Crippen molar-refractivity contribution in [2.24, 2.45) is 11.3 Å². The lowest BCUT2D eigenvalue weighted by molar-refractivity contribution is -0.112. The highest BCUT2D eigenvalue weighted by molar-refractivity contribution is 5.85. The molecule has 2 nitrogen and oxygen atoms in total. The van der Waals surface area contributed by atoms with Gasteiger partial charge in [-0.3, -0.25) is 0 Å². The van der Waals surface area contributed by atoms with Crippen LogP contribution in [-0.2, 0) is 4.74 Å². The van der Waals surface area contributed by atoms with Gasteiger partial charge in [0, 0.05) is 24.0 Å². The number of halogens is 1. The molecule has 1 aliphatic carbocycles. The molecule has 1 saturated heterocycles. The van der Waals surface area contributed by atoms with E-state index < -0.39 is 0 Å². The lowest BCUT2D eigenvalue weighted by Gasteiger charge is -2.55. The van der Waals surface area contributed by atoms with Crippen molar-refractivity contribution >= 4 is 12.4 Å². The molecule has 1 aliphatic heterocycles. The van der Waals surface area contributed by atoms with E-state index in [-0.39, 0.29) is 12.4 Å². The van der Waals surface area contributed by atoms with E-state index >= 15 is 0 Å². The number of rotatable bonds is 3. The Morgan fingerprint density at radius 2 is 2.14 bits per heavy atom. The molecule has 0 aromatic carbocycles. The van der Waals surface area contributed by atoms with E-state index in [1.807, 2.05) is 0 Å². The van der Waals surface area contributed by atoms with Crippen LogP contribution in [0.4, 0.5) is 0 Å². The molecular formula is C11H22ClNO. The van der Waals surface area contributed by atoms with Gasteiger partial charge in [-0.05, 0) is 19.4 Å². The van der Waals surface area contributed by atoms with E-state index in [4.69, 9.17) is 4.74 Å². The van der Waals surface area contributed by atoms with Crippen molar-refractivity contribution in [3.63, 3.8) is 0 Å². The third-order valence-electron chi connectivity index (χ3n) is 3.71. The molecule has 3 atom stereocenters. The van der Waals surface area contributed by atoms with Gasteiger partial charge in [-0.15, -0.1) is 12.4 Å². The first-order valence-corrected chi connectivity index (χ1v) is 5.53. The van der Waals surface area contributed by atoms with Crippen LogP contribution in [0.15, 0.2) is 0 Å². The van der Waals surface area contributed by atoms with Gasteiger partial charge in [-0.1, -0.05) is 20.8 Å². The fourth-order valence-electron chi connectivity index (χ4n) is 3.04. The standard InChI is InChI=1S/C11H21NO.ClH/c1-4-6-12-9-8-5-7-13-10(8)11(9,2)3;/h8-10,12H,4-7H2,1-3H3;1H. The van der Waals surface area contributed by atoms with Crippen molar-refractivity contribution in [1.82, 2.24) is 5.32 Å². The second kappa shape index (κ2) is 4.38. The van der Waals surface area contributed by atoms with E-state index in [2.05, 4.69) is 26.1 Å². The molecule has 3 unspecified atom stereocenters. The van der Waals surface area contributed by atoms with Gasteiger partial charge in [-0.25, -0.2) is 0 Å². The number of hydrogen-bond acceptors (Lipinski definition) is 2. The summed E-state index contributed by atoms with van der Waals surface area (Å²) in [5.74, 6) is 0.793. The molecule has 3 heteroatoms. The number of fused-ring (bicyclic) bond motifs is 1. The quantitative estimate of drug-likeness (QED) is 0.786. The minimum Gasteiger partial charge on any atom is -0.377 e. The second-order valence-electron chi connectivity index (χ2n) is 5.00. The molecule has 0 bridgehead atoms. The fraction of sp³-hybridized carbons (Fsp3) is 1.00. The van der Waals surface area contributed by atoms with Crippen molar-refractivity contribution in [2.75, 3.05) is 13.2 Å². The highest BCUT2D eigenvalue weighted by Crippen LogP contribution is 2.51. The van der Waals surface area contributed by atoms with Crippen LogP contribution in [0.5, 0.6) is 0 Å². The first-order valence-electron chi connectivity index (χ1n) is 5.53. The fourth-order valence-corrected chi connectivity index (χ4v) is 3.04. The summed E-state index contributed by atoms with van der Waals surface area (Å²) in [7, 11) is 0. The van der Waals surface area contributed by atoms with Gasteiger partial charge in [-0.2, -0.15) is 0 Å². The Labute approximate surface area is 93.2 Å². The number of nitrogens with one attached hydrogen (secondary N) is 1. The number of ether oxygens (including phenoxy) is 1. The van der Waals surface area contributed by atoms with E-state index in [1.54, 1.807) is 0 Å². The molecule has 2 rings (SSSR count). The third-order valence-corrected chi connectivity index (χ3v) is 3.71. The predicted molar refractivity (Wildman–Crippen MR) is 61.0 cm³/mol. The van der Waals surface area contributed by atoms with Crippen molar-refractivity contribution in [3.05, 3.63) is 0 Å². The van der Waals surface area contributed by atoms with Gasteiger partial charge in [0.25, 0.3) is 0 Å². The first-order chi connectivity index (χ1) is 6.18. The van der Waals surface area contributed by atoms with Crippen molar-refractivity contribution in [3.8, 4) is 0 Å². The molecule has 2 aliphatic rings. The smallest absolute Gasteiger partial charge is 0.0685 e. The van der Waals surface area contributed by atoms with Crippen LogP contribution >= 0.6 is 12.4 Å². The zero-order valence-electron chi connectivity index (χ0n) is 9.38. The Morgan fingerprint density at radius 3 is 2.79 bits per heavy atom. The maximum atomic E-state index is 5.74. The highest BCUT2D eigenvalue weighted by Gasteiger charge is 2.58. The maximum Gasteiger partial charge on any atom is 0.0685 e. The van der Waals surface area contributed by atoms with Crippen molar-refractivity contribution in [2.45, 2.75) is 45.8 Å². The summed E-state index contributed by atoms with van der Waals surface area (Å²) in [6, 6.07) is 0.694. The molecule has 0 radical (unpaired) electrons. The highest BCUT2D eigenvalue weighted by atomic mass is 35.5. The van der Waals surface area contributed by atoms with Crippen LogP contribution in [0.1, 0.15) is 33.6 Å². The van der Waals surface area contributed by atoms with Gasteiger partial charge in [0.1, 0.15) is 0 Å². The SMILES string of the molecule is CCCNC1C2CCOC2C1(C)C.Cl. The maximum absolute atomic E-state index is 5.74. The summed E-state index contributed by atoms with van der Waals surface area (Å²) >= 11 is 0. The Bertz CT molecular complexity index is 196. The molecule has 0 amide bonds. The summed E-state index contributed by atoms with van der Waals surface area (Å²) < 4.78 is 5.74. The van der Waals surface area contributed by atoms with Crippen LogP contribution in [0.3, 0.4) is 0 Å². The molecule has 0 spiro atoms. The van der Waals surface area contributed by atoms with E-state index in [0.29, 0.717) is 17.6 Å². The minimum atomic E-state index is 0. The molecule has 2 fully saturated rings. The largest absolute Gasteiger partial charge is 0.377 e. The second-order valence-corrected chi connectivity index (χ2v) is 5.00. The normalized spacial score (nSPS) is 38.4.